The molecule has 2 nitrogen and oxygen atoms in total. The van der Waals surface area contributed by atoms with Crippen LogP contribution in [-0.4, -0.2) is 11.5 Å². The molecular formula is C17H22N2S. The summed E-state index contributed by atoms with van der Waals surface area (Å²) in [5.41, 5.74) is 2.42. The second-order valence-corrected chi connectivity index (χ2v) is 6.00. The molecule has 1 aromatic heterocycles. The highest BCUT2D eigenvalue weighted by molar-refractivity contribution is 7.99. The molecular weight excluding hydrogens is 264 g/mol. The van der Waals surface area contributed by atoms with Crippen LogP contribution in [0.5, 0.6) is 0 Å². The summed E-state index contributed by atoms with van der Waals surface area (Å²) in [6.07, 6.45) is 3.04. The largest absolute Gasteiger partial charge is 0.309 e. The van der Waals surface area contributed by atoms with Crippen molar-refractivity contribution in [3.8, 4) is 0 Å². The van der Waals surface area contributed by atoms with Crippen LogP contribution >= 0.6 is 11.8 Å². The number of rotatable bonds is 6. The van der Waals surface area contributed by atoms with E-state index in [2.05, 4.69) is 67.5 Å². The van der Waals surface area contributed by atoms with E-state index >= 15 is 0 Å². The van der Waals surface area contributed by atoms with Gasteiger partial charge in [-0.3, -0.25) is 4.98 Å². The minimum atomic E-state index is 0.359. The molecule has 20 heavy (non-hydrogen) atoms. The van der Waals surface area contributed by atoms with Crippen molar-refractivity contribution in [1.82, 2.24) is 10.3 Å². The SMILES string of the molecule is CCNC(CC)c1ccc(Sc2cccc(C)c2)cn1. The van der Waals surface area contributed by atoms with Crippen LogP contribution in [-0.2, 0) is 0 Å². The van der Waals surface area contributed by atoms with Gasteiger partial charge in [-0.25, -0.2) is 0 Å². The van der Waals surface area contributed by atoms with Crippen molar-refractivity contribution in [2.24, 2.45) is 0 Å². The predicted octanol–water partition coefficient (Wildman–Crippen LogP) is 4.60. The van der Waals surface area contributed by atoms with Gasteiger partial charge in [-0.1, -0.05) is 43.3 Å². The Kier molecular flexibility index (Phi) is 5.62. The molecule has 1 aromatic carbocycles. The van der Waals surface area contributed by atoms with Crippen molar-refractivity contribution >= 4 is 11.8 Å². The summed E-state index contributed by atoms with van der Waals surface area (Å²) >= 11 is 1.76. The molecule has 2 aromatic rings. The molecule has 0 saturated carbocycles. The third-order valence-corrected chi connectivity index (χ3v) is 4.17. The molecule has 0 amide bonds. The Hall–Kier alpha value is -1.32. The lowest BCUT2D eigenvalue weighted by atomic mass is 10.1. The molecule has 1 heterocycles. The standard InChI is InChI=1S/C17H22N2S/c1-4-16(18-5-2)17-10-9-15(12-19-17)20-14-8-6-7-13(3)11-14/h6-12,16,18H,4-5H2,1-3H3. The van der Waals surface area contributed by atoms with Crippen LogP contribution in [0.4, 0.5) is 0 Å². The topological polar surface area (TPSA) is 24.9 Å². The van der Waals surface area contributed by atoms with Crippen LogP contribution in [0.1, 0.15) is 37.6 Å². The second kappa shape index (κ2) is 7.46. The molecule has 2 rings (SSSR count). The number of nitrogens with zero attached hydrogens (tertiary/aromatic N) is 1. The third-order valence-electron chi connectivity index (χ3n) is 3.20. The lowest BCUT2D eigenvalue weighted by molar-refractivity contribution is 0.524. The van der Waals surface area contributed by atoms with Gasteiger partial charge in [-0.15, -0.1) is 0 Å². The molecule has 0 aliphatic heterocycles. The summed E-state index contributed by atoms with van der Waals surface area (Å²) in [4.78, 5) is 7.05. The van der Waals surface area contributed by atoms with Gasteiger partial charge in [0.2, 0.25) is 0 Å². The number of nitrogens with one attached hydrogen (secondary N) is 1. The van der Waals surface area contributed by atoms with Crippen molar-refractivity contribution in [3.63, 3.8) is 0 Å². The van der Waals surface area contributed by atoms with Crippen LogP contribution in [0, 0.1) is 6.92 Å². The van der Waals surface area contributed by atoms with Crippen molar-refractivity contribution in [1.29, 1.82) is 0 Å². The van der Waals surface area contributed by atoms with Crippen molar-refractivity contribution < 1.29 is 0 Å². The van der Waals surface area contributed by atoms with Gasteiger partial charge in [0.15, 0.2) is 0 Å². The van der Waals surface area contributed by atoms with Gasteiger partial charge in [0.05, 0.1) is 5.69 Å². The van der Waals surface area contributed by atoms with Crippen LogP contribution in [0.15, 0.2) is 52.4 Å². The first-order valence-electron chi connectivity index (χ1n) is 7.16. The Balaban J connectivity index is 2.08. The quantitative estimate of drug-likeness (QED) is 0.840. The summed E-state index contributed by atoms with van der Waals surface area (Å²) in [5.74, 6) is 0. The number of pyridine rings is 1. The molecule has 0 spiro atoms. The lowest BCUT2D eigenvalue weighted by Gasteiger charge is -2.15. The van der Waals surface area contributed by atoms with E-state index < -0.39 is 0 Å². The van der Waals surface area contributed by atoms with Gasteiger partial charge in [-0.2, -0.15) is 0 Å². The highest BCUT2D eigenvalue weighted by Gasteiger charge is 2.09. The molecule has 0 fully saturated rings. The second-order valence-electron chi connectivity index (χ2n) is 4.86. The predicted molar refractivity (Wildman–Crippen MR) is 86.2 cm³/mol. The maximum atomic E-state index is 4.60. The molecule has 1 unspecified atom stereocenters. The number of aryl methyl sites for hydroxylation is 1. The summed E-state index contributed by atoms with van der Waals surface area (Å²) in [6, 6.07) is 13.2. The molecule has 3 heteroatoms. The molecule has 0 aliphatic carbocycles. The highest BCUT2D eigenvalue weighted by atomic mass is 32.2. The van der Waals surface area contributed by atoms with Crippen LogP contribution in [0.2, 0.25) is 0 Å². The van der Waals surface area contributed by atoms with Crippen molar-refractivity contribution in [2.45, 2.75) is 43.0 Å². The number of aromatic nitrogens is 1. The molecule has 0 saturated heterocycles. The monoisotopic (exact) mass is 286 g/mol. The fraction of sp³-hybridized carbons (Fsp3) is 0.353. The van der Waals surface area contributed by atoms with Gasteiger partial charge in [0.1, 0.15) is 0 Å². The first-order valence-corrected chi connectivity index (χ1v) is 7.98. The van der Waals surface area contributed by atoms with E-state index in [1.165, 1.54) is 15.4 Å². The van der Waals surface area contributed by atoms with E-state index in [1.54, 1.807) is 11.8 Å². The van der Waals surface area contributed by atoms with E-state index in [0.29, 0.717) is 6.04 Å². The van der Waals surface area contributed by atoms with Gasteiger partial charge in [0.25, 0.3) is 0 Å². The minimum Gasteiger partial charge on any atom is -0.309 e. The van der Waals surface area contributed by atoms with E-state index in [4.69, 9.17) is 0 Å². The number of benzene rings is 1. The lowest BCUT2D eigenvalue weighted by Crippen LogP contribution is -2.20. The molecule has 1 atom stereocenters. The van der Waals surface area contributed by atoms with Crippen molar-refractivity contribution in [3.05, 3.63) is 53.9 Å². The van der Waals surface area contributed by atoms with Gasteiger partial charge in [-0.05, 0) is 44.2 Å². The molecule has 0 bridgehead atoms. The average molecular weight is 286 g/mol. The fourth-order valence-electron chi connectivity index (χ4n) is 2.18. The van der Waals surface area contributed by atoms with E-state index in [9.17, 15) is 0 Å². The summed E-state index contributed by atoms with van der Waals surface area (Å²) < 4.78 is 0. The Labute approximate surface area is 126 Å². The molecule has 0 radical (unpaired) electrons. The average Bonchev–Trinajstić information content (AvgIpc) is 2.46. The summed E-state index contributed by atoms with van der Waals surface area (Å²) in [6.45, 7) is 7.41. The smallest absolute Gasteiger partial charge is 0.0573 e. The van der Waals surface area contributed by atoms with Gasteiger partial charge >= 0.3 is 0 Å². The van der Waals surface area contributed by atoms with Crippen LogP contribution in [0.25, 0.3) is 0 Å². The normalized spacial score (nSPS) is 12.3. The Morgan fingerprint density at radius 1 is 1.15 bits per heavy atom. The zero-order chi connectivity index (χ0) is 14.4. The Morgan fingerprint density at radius 3 is 2.60 bits per heavy atom. The van der Waals surface area contributed by atoms with Crippen LogP contribution < -0.4 is 5.32 Å². The zero-order valence-electron chi connectivity index (χ0n) is 12.4. The van der Waals surface area contributed by atoms with Gasteiger partial charge < -0.3 is 5.32 Å². The first kappa shape index (κ1) is 15.1. The molecule has 106 valence electrons. The maximum absolute atomic E-state index is 4.60. The van der Waals surface area contributed by atoms with E-state index in [1.807, 2.05) is 6.20 Å². The minimum absolute atomic E-state index is 0.359. The Bertz CT molecular complexity index is 537. The zero-order valence-corrected chi connectivity index (χ0v) is 13.2. The summed E-state index contributed by atoms with van der Waals surface area (Å²) in [5, 5.41) is 3.46. The number of hydrogen-bond donors (Lipinski definition) is 1. The fourth-order valence-corrected chi connectivity index (χ4v) is 3.08. The van der Waals surface area contributed by atoms with Crippen LogP contribution in [0.3, 0.4) is 0 Å². The molecule has 0 aliphatic rings. The van der Waals surface area contributed by atoms with Crippen molar-refractivity contribution in [2.75, 3.05) is 6.54 Å². The van der Waals surface area contributed by atoms with E-state index in [0.717, 1.165) is 18.7 Å². The van der Waals surface area contributed by atoms with E-state index in [-0.39, 0.29) is 0 Å². The highest BCUT2D eigenvalue weighted by Crippen LogP contribution is 2.28. The van der Waals surface area contributed by atoms with Gasteiger partial charge in [0, 0.05) is 22.0 Å². The Morgan fingerprint density at radius 2 is 2.00 bits per heavy atom. The maximum Gasteiger partial charge on any atom is 0.0573 e. The first-order chi connectivity index (χ1) is 9.72. The molecule has 1 N–H and O–H groups in total. The number of hydrogen-bond acceptors (Lipinski definition) is 3. The summed E-state index contributed by atoms with van der Waals surface area (Å²) in [7, 11) is 0. The third kappa shape index (κ3) is 4.09.